The van der Waals surface area contributed by atoms with E-state index >= 15 is 26.3 Å². The molecule has 0 bridgehead atoms. The third kappa shape index (κ3) is 16.3. The number of aromatic amines is 3. The molecular formula is C83H87ClF6N9O14PS3. The molecule has 117 heavy (non-hydrogen) atoms. The first-order valence-corrected chi connectivity index (χ1v) is 45.3. The number of halogens is 7. The number of rotatable bonds is 37. The Bertz CT molecular complexity index is 6240. The van der Waals surface area contributed by atoms with Crippen LogP contribution in [-0.4, -0.2) is 189 Å². The molecule has 6 aromatic heterocycles. The zero-order valence-electron chi connectivity index (χ0n) is 64.4. The van der Waals surface area contributed by atoms with Crippen LogP contribution in [0.25, 0.3) is 99.2 Å². The van der Waals surface area contributed by atoms with Gasteiger partial charge in [-0.25, -0.2) is 59.5 Å². The number of aliphatic hydroxyl groups excluding tert-OH is 1. The summed E-state index contributed by atoms with van der Waals surface area (Å²) < 4.78 is 228. The Balaban J connectivity index is 0.716. The van der Waals surface area contributed by atoms with Crippen LogP contribution in [0, 0.1) is 13.8 Å². The maximum Gasteiger partial charge on any atom is 0.470 e. The normalized spacial score (nSPS) is 15.8. The molecule has 3 saturated carbocycles. The zero-order valence-corrected chi connectivity index (χ0v) is 68.5. The van der Waals surface area contributed by atoms with Crippen molar-refractivity contribution < 1.29 is 89.8 Å². The van der Waals surface area contributed by atoms with Crippen molar-refractivity contribution in [3.8, 4) is 50.6 Å². The Labute approximate surface area is 676 Å². The van der Waals surface area contributed by atoms with E-state index in [2.05, 4.69) is 29.9 Å². The van der Waals surface area contributed by atoms with Crippen LogP contribution in [0.3, 0.4) is 0 Å². The van der Waals surface area contributed by atoms with Gasteiger partial charge in [0.1, 0.15) is 34.2 Å². The molecule has 3 aliphatic carbocycles. The first-order chi connectivity index (χ1) is 55.6. The number of phosphoric acid groups is 1. The van der Waals surface area contributed by atoms with E-state index in [0.29, 0.717) is 143 Å². The third-order valence-electron chi connectivity index (χ3n) is 22.2. The SMILES string of the molecule is CCN(CCCOc1ccc(-c2cccc(S(=O)(=O)C3CC3)c2)c2c1[nH]c1ncc(C)cc12)C(F)(F)CC(OP(=O)(O)O)(C(O)C(F)(F)N(CC)CCCOc1ccc(-c2cccc(S(=O)(=O)C3CC3)c2)c2c1[nH]c1ncc(C)cc12)C(F)(F)N(CC)CCCOc1ccc(-c2cccc(S(=O)(=O)C3CC3)c2)c2c1[nH]c1ncc(Cl)cc12. The molecule has 620 valence electrons. The van der Waals surface area contributed by atoms with Crippen LogP contribution in [0.5, 0.6) is 17.2 Å². The second-order valence-corrected chi connectivity index (χ2v) is 38.6. The fraction of sp³-hybridized carbons (Fsp3) is 0.386. The summed E-state index contributed by atoms with van der Waals surface area (Å²) in [5.74, 6) is 0.528. The standard InChI is InChI=1S/C83H87ClF6N9O14PS3/c1-6-97(33-12-36-110-67-30-27-61(70-64-39-49(4)45-91-76(64)94-73(67)70)51-15-9-18-58(41-51)115(104,105)55-21-22-55)81(85,86)48-80(113-114(101,102)103,83(89,90)99(8-3)35-14-38-112-69-32-29-63(72-66-44-54(84)47-93-78(66)96-75(69)72)53-17-11-20-60(43-53)117(108,109)57-25-26-57)79(100)82(87,88)98(7-2)34-13-37-111-68-31-28-62(71-65-40-50(5)46-92-77(65)95-74(68)71)52-16-10-19-59(42-52)116(106,107)56-23-24-56/h9-11,15-20,27-32,39-47,55-57,79,100H,6-8,12-14,21-26,33-38,48H2,1-5H3,(H,91,94)(H,92,95)(H,93,96)(H2,101,102,103). The molecule has 3 aliphatic rings. The van der Waals surface area contributed by atoms with E-state index in [9.17, 15) is 44.7 Å². The molecule has 6 N–H and O–H groups in total. The van der Waals surface area contributed by atoms with E-state index in [-0.39, 0.29) is 72.8 Å². The number of alkyl halides is 6. The van der Waals surface area contributed by atoms with Crippen LogP contribution in [0.4, 0.5) is 26.3 Å². The lowest BCUT2D eigenvalue weighted by atomic mass is 9.85. The maximum absolute atomic E-state index is 18.8. The largest absolute Gasteiger partial charge is 0.491 e. The lowest BCUT2D eigenvalue weighted by Crippen LogP contribution is -2.73. The highest BCUT2D eigenvalue weighted by molar-refractivity contribution is 7.93. The lowest BCUT2D eigenvalue weighted by molar-refractivity contribution is -0.354. The number of likely N-dealkylation sites (N-methyl/N-ethyl adjacent to an activating group) is 2. The number of nitrogens with zero attached hydrogens (tertiary/aromatic N) is 6. The minimum atomic E-state index is -6.68. The average molecular weight is 1710 g/mol. The van der Waals surface area contributed by atoms with Crippen molar-refractivity contribution in [2.75, 3.05) is 59.1 Å². The third-order valence-corrected chi connectivity index (χ3v) is 29.8. The van der Waals surface area contributed by atoms with Crippen molar-refractivity contribution in [3.05, 3.63) is 162 Å². The van der Waals surface area contributed by atoms with Gasteiger partial charge < -0.3 is 44.1 Å². The summed E-state index contributed by atoms with van der Waals surface area (Å²) in [7, 11) is -17.5. The quantitative estimate of drug-likeness (QED) is 0.00912. The van der Waals surface area contributed by atoms with Gasteiger partial charge in [0, 0.05) is 90.2 Å². The van der Waals surface area contributed by atoms with Gasteiger partial charge in [-0.15, -0.1) is 0 Å². The molecule has 6 aromatic carbocycles. The Hall–Kier alpha value is -8.76. The van der Waals surface area contributed by atoms with Gasteiger partial charge in [0.25, 0.3) is 0 Å². The van der Waals surface area contributed by atoms with E-state index in [1.54, 1.807) is 116 Å². The number of aromatic nitrogens is 6. The first kappa shape index (κ1) is 83.3. The molecule has 2 atom stereocenters. The van der Waals surface area contributed by atoms with E-state index in [4.69, 9.17) is 30.3 Å². The van der Waals surface area contributed by atoms with Crippen molar-refractivity contribution in [2.45, 2.75) is 159 Å². The summed E-state index contributed by atoms with van der Waals surface area (Å²) >= 11 is 6.49. The van der Waals surface area contributed by atoms with Crippen molar-refractivity contribution in [1.82, 2.24) is 44.6 Å². The van der Waals surface area contributed by atoms with Gasteiger partial charge in [0.2, 0.25) is 0 Å². The molecular weight excluding hydrogens is 1620 g/mol. The number of hydrogen-bond acceptors (Lipinski definition) is 18. The Morgan fingerprint density at radius 2 is 0.855 bits per heavy atom. The van der Waals surface area contributed by atoms with Crippen LogP contribution in [-0.2, 0) is 38.6 Å². The number of aliphatic hydroxyl groups is 1. The summed E-state index contributed by atoms with van der Waals surface area (Å²) in [6, 6.07) is 19.5. The van der Waals surface area contributed by atoms with Gasteiger partial charge in [-0.05, 0) is 207 Å². The predicted octanol–water partition coefficient (Wildman–Crippen LogP) is 16.9. The molecule has 23 nitrogen and oxygen atoms in total. The molecule has 3 fully saturated rings. The molecule has 0 spiro atoms. The van der Waals surface area contributed by atoms with Gasteiger partial charge in [-0.2, -0.15) is 26.3 Å². The van der Waals surface area contributed by atoms with Crippen LogP contribution in [0.2, 0.25) is 5.02 Å². The fourth-order valence-electron chi connectivity index (χ4n) is 15.8. The van der Waals surface area contributed by atoms with Crippen LogP contribution >= 0.6 is 19.4 Å². The number of pyridine rings is 3. The highest BCUT2D eigenvalue weighted by Crippen LogP contribution is 2.57. The Morgan fingerprint density at radius 1 is 0.504 bits per heavy atom. The van der Waals surface area contributed by atoms with Crippen molar-refractivity contribution in [3.63, 3.8) is 0 Å². The molecule has 0 aliphatic heterocycles. The minimum Gasteiger partial charge on any atom is -0.491 e. The smallest absolute Gasteiger partial charge is 0.470 e. The van der Waals surface area contributed by atoms with Gasteiger partial charge in [0.05, 0.1) is 78.3 Å². The minimum absolute atomic E-state index is 0.102. The van der Waals surface area contributed by atoms with Crippen molar-refractivity contribution in [1.29, 1.82) is 0 Å². The summed E-state index contributed by atoms with van der Waals surface area (Å²) in [5, 5.41) is 14.8. The molecule has 34 heteroatoms. The summed E-state index contributed by atoms with van der Waals surface area (Å²) in [6.07, 6.45) is -0.0522. The highest BCUT2D eigenvalue weighted by atomic mass is 35.5. The first-order valence-electron chi connectivity index (χ1n) is 38.8. The number of sulfone groups is 3. The number of phosphoric ester groups is 1. The van der Waals surface area contributed by atoms with Crippen LogP contribution in [0.1, 0.15) is 96.1 Å². The topological polar surface area (TPSA) is 313 Å². The summed E-state index contributed by atoms with van der Waals surface area (Å²) in [4.78, 5) is 46.0. The molecule has 15 rings (SSSR count). The van der Waals surface area contributed by atoms with Crippen LogP contribution < -0.4 is 14.2 Å². The fourth-order valence-corrected chi connectivity index (χ4v) is 21.8. The molecule has 0 amide bonds. The van der Waals surface area contributed by atoms with Crippen molar-refractivity contribution >= 4 is 115 Å². The average Bonchev–Trinajstić information content (AvgIpc) is 1.73. The van der Waals surface area contributed by atoms with E-state index in [1.165, 1.54) is 32.2 Å². The van der Waals surface area contributed by atoms with Gasteiger partial charge in [-0.1, -0.05) is 68.8 Å². The second kappa shape index (κ2) is 32.1. The van der Waals surface area contributed by atoms with Gasteiger partial charge in [-0.3, -0.25) is 4.52 Å². The molecule has 2 unspecified atom stereocenters. The number of aryl methyl sites for hydroxylation is 2. The lowest BCUT2D eigenvalue weighted by Gasteiger charge is -2.51. The number of ether oxygens (including phenoxy) is 3. The molecule has 0 saturated heterocycles. The Kier molecular flexibility index (Phi) is 22.8. The summed E-state index contributed by atoms with van der Waals surface area (Å²) in [5.41, 5.74) is 2.41. The number of benzene rings is 6. The number of H-pyrrole nitrogens is 3. The molecule has 6 heterocycles. The Morgan fingerprint density at radius 3 is 1.21 bits per heavy atom. The van der Waals surface area contributed by atoms with Crippen LogP contribution in [0.15, 0.2) is 161 Å². The maximum atomic E-state index is 18.8. The number of hydrogen-bond donors (Lipinski definition) is 6. The number of fused-ring (bicyclic) bond motifs is 9. The highest BCUT2D eigenvalue weighted by Gasteiger charge is 2.74. The zero-order chi connectivity index (χ0) is 83.1. The van der Waals surface area contributed by atoms with Gasteiger partial charge in [0.15, 0.2) is 41.2 Å². The molecule has 0 radical (unpaired) electrons. The predicted molar refractivity (Wildman–Crippen MR) is 436 cm³/mol. The van der Waals surface area contributed by atoms with Gasteiger partial charge >= 0.3 is 26.0 Å². The molecule has 12 aromatic rings. The second-order valence-electron chi connectivity index (χ2n) is 30.3. The van der Waals surface area contributed by atoms with Crippen molar-refractivity contribution in [2.24, 2.45) is 0 Å². The monoisotopic (exact) mass is 1710 g/mol. The summed E-state index contributed by atoms with van der Waals surface area (Å²) in [6.45, 7) is 1.16. The van der Waals surface area contributed by atoms with E-state index in [1.807, 2.05) is 26.0 Å². The van der Waals surface area contributed by atoms with E-state index < -0.39 is 142 Å². The van der Waals surface area contributed by atoms with E-state index in [0.717, 1.165) is 18.1 Å². The number of nitrogens with one attached hydrogen (secondary N) is 3.